The van der Waals surface area contributed by atoms with Gasteiger partial charge >= 0.3 is 0 Å². The van der Waals surface area contributed by atoms with Crippen molar-refractivity contribution in [2.24, 2.45) is 5.92 Å². The maximum absolute atomic E-state index is 3.57. The van der Waals surface area contributed by atoms with Gasteiger partial charge in [-0.2, -0.15) is 0 Å². The van der Waals surface area contributed by atoms with Gasteiger partial charge < -0.3 is 5.32 Å². The van der Waals surface area contributed by atoms with Crippen LogP contribution in [0.1, 0.15) is 38.2 Å². The lowest BCUT2D eigenvalue weighted by atomic mass is 9.81. The van der Waals surface area contributed by atoms with Crippen LogP contribution in [0, 0.1) is 12.8 Å². The Labute approximate surface area is 92.9 Å². The van der Waals surface area contributed by atoms with Gasteiger partial charge in [0, 0.05) is 11.7 Å². The van der Waals surface area contributed by atoms with Gasteiger partial charge in [-0.25, -0.2) is 0 Å². The number of aryl methyl sites for hydroxylation is 1. The van der Waals surface area contributed by atoms with Gasteiger partial charge in [-0.15, -0.1) is 0 Å². The van der Waals surface area contributed by atoms with Crippen molar-refractivity contribution < 1.29 is 0 Å². The first kappa shape index (κ1) is 10.5. The summed E-state index contributed by atoms with van der Waals surface area (Å²) in [6.07, 6.45) is 5.66. The zero-order chi connectivity index (χ0) is 10.7. The lowest BCUT2D eigenvalue weighted by Gasteiger charge is -2.28. The highest BCUT2D eigenvalue weighted by Gasteiger charge is 2.19. The first-order valence-corrected chi connectivity index (χ1v) is 6.07. The van der Waals surface area contributed by atoms with E-state index in [1.165, 1.54) is 36.9 Å². The number of rotatable bonds is 4. The maximum atomic E-state index is 3.57. The molecule has 1 aliphatic carbocycles. The molecular formula is C14H21N. The van der Waals surface area contributed by atoms with Gasteiger partial charge in [0.15, 0.2) is 0 Å². The van der Waals surface area contributed by atoms with Crippen LogP contribution in [0.5, 0.6) is 0 Å². The fraction of sp³-hybridized carbons (Fsp3) is 0.571. The molecular weight excluding hydrogens is 182 g/mol. The summed E-state index contributed by atoms with van der Waals surface area (Å²) in [5.41, 5.74) is 2.58. The highest BCUT2D eigenvalue weighted by molar-refractivity contribution is 5.45. The molecule has 0 saturated heterocycles. The molecule has 0 amide bonds. The first-order chi connectivity index (χ1) is 7.24. The summed E-state index contributed by atoms with van der Waals surface area (Å²) in [6, 6.07) is 9.29. The minimum absolute atomic E-state index is 0.609. The Hall–Kier alpha value is -0.980. The molecule has 1 N–H and O–H groups in total. The van der Waals surface area contributed by atoms with Crippen molar-refractivity contribution in [3.05, 3.63) is 29.8 Å². The molecule has 2 rings (SSSR count). The average Bonchev–Trinajstić information content (AvgIpc) is 2.16. The van der Waals surface area contributed by atoms with E-state index in [1.807, 2.05) is 0 Å². The van der Waals surface area contributed by atoms with Crippen molar-refractivity contribution in [1.82, 2.24) is 0 Å². The van der Waals surface area contributed by atoms with E-state index in [1.54, 1.807) is 0 Å². The van der Waals surface area contributed by atoms with Gasteiger partial charge in [-0.3, -0.25) is 0 Å². The van der Waals surface area contributed by atoms with Crippen molar-refractivity contribution >= 4 is 5.69 Å². The monoisotopic (exact) mass is 203 g/mol. The van der Waals surface area contributed by atoms with Crippen LogP contribution in [0.3, 0.4) is 0 Å². The zero-order valence-electron chi connectivity index (χ0n) is 9.79. The number of hydrogen-bond donors (Lipinski definition) is 1. The molecule has 0 aromatic heterocycles. The SMILES string of the molecule is Cc1ccc(NC(C)CC2CCC2)cc1. The number of hydrogen-bond acceptors (Lipinski definition) is 1. The van der Waals surface area contributed by atoms with Crippen molar-refractivity contribution in [2.75, 3.05) is 5.32 Å². The highest BCUT2D eigenvalue weighted by Crippen LogP contribution is 2.31. The Bertz CT molecular complexity index is 298. The molecule has 1 aromatic carbocycles. The van der Waals surface area contributed by atoms with Crippen molar-refractivity contribution in [1.29, 1.82) is 0 Å². The first-order valence-electron chi connectivity index (χ1n) is 6.07. The van der Waals surface area contributed by atoms with Crippen LogP contribution in [-0.4, -0.2) is 6.04 Å². The Balaban J connectivity index is 1.82. The smallest absolute Gasteiger partial charge is 0.0342 e. The second kappa shape index (κ2) is 4.69. The summed E-state index contributed by atoms with van der Waals surface area (Å²) in [5, 5.41) is 3.57. The van der Waals surface area contributed by atoms with Crippen LogP contribution in [0.15, 0.2) is 24.3 Å². The normalized spacial score (nSPS) is 18.3. The summed E-state index contributed by atoms with van der Waals surface area (Å²) < 4.78 is 0. The van der Waals surface area contributed by atoms with E-state index in [0.717, 1.165) is 5.92 Å². The predicted octanol–water partition coefficient (Wildman–Crippen LogP) is 3.99. The molecule has 0 bridgehead atoms. The summed E-state index contributed by atoms with van der Waals surface area (Å²) in [4.78, 5) is 0. The molecule has 0 aliphatic heterocycles. The van der Waals surface area contributed by atoms with E-state index < -0.39 is 0 Å². The zero-order valence-corrected chi connectivity index (χ0v) is 9.79. The molecule has 1 unspecified atom stereocenters. The molecule has 1 heteroatoms. The van der Waals surface area contributed by atoms with Gasteiger partial charge in [0.05, 0.1) is 0 Å². The third-order valence-electron chi connectivity index (χ3n) is 3.38. The van der Waals surface area contributed by atoms with Crippen LogP contribution in [0.25, 0.3) is 0 Å². The third-order valence-corrected chi connectivity index (χ3v) is 3.38. The summed E-state index contributed by atoms with van der Waals surface area (Å²) >= 11 is 0. The van der Waals surface area contributed by atoms with E-state index in [0.29, 0.717) is 6.04 Å². The average molecular weight is 203 g/mol. The molecule has 15 heavy (non-hydrogen) atoms. The van der Waals surface area contributed by atoms with Gasteiger partial charge in [-0.05, 0) is 38.3 Å². The quantitative estimate of drug-likeness (QED) is 0.780. The Kier molecular flexibility index (Phi) is 3.30. The second-order valence-corrected chi connectivity index (χ2v) is 4.94. The Morgan fingerprint density at radius 3 is 2.47 bits per heavy atom. The largest absolute Gasteiger partial charge is 0.383 e. The van der Waals surface area contributed by atoms with Crippen LogP contribution < -0.4 is 5.32 Å². The fourth-order valence-corrected chi connectivity index (χ4v) is 2.22. The van der Waals surface area contributed by atoms with Gasteiger partial charge in [0.25, 0.3) is 0 Å². The van der Waals surface area contributed by atoms with Crippen molar-refractivity contribution in [3.8, 4) is 0 Å². The number of nitrogens with one attached hydrogen (secondary N) is 1. The number of anilines is 1. The maximum Gasteiger partial charge on any atom is 0.0342 e. The molecule has 1 fully saturated rings. The Morgan fingerprint density at radius 2 is 1.93 bits per heavy atom. The molecule has 1 nitrogen and oxygen atoms in total. The molecule has 0 radical (unpaired) electrons. The highest BCUT2D eigenvalue weighted by atomic mass is 14.9. The molecule has 1 aliphatic rings. The van der Waals surface area contributed by atoms with Gasteiger partial charge in [-0.1, -0.05) is 37.0 Å². The molecule has 82 valence electrons. The van der Waals surface area contributed by atoms with Crippen LogP contribution in [0.4, 0.5) is 5.69 Å². The minimum atomic E-state index is 0.609. The van der Waals surface area contributed by atoms with Crippen LogP contribution in [0.2, 0.25) is 0 Å². The molecule has 0 spiro atoms. The standard InChI is InChI=1S/C14H21N/c1-11-6-8-14(9-7-11)15-12(2)10-13-4-3-5-13/h6-9,12-13,15H,3-5,10H2,1-2H3. The molecule has 1 atom stereocenters. The fourth-order valence-electron chi connectivity index (χ4n) is 2.22. The second-order valence-electron chi connectivity index (χ2n) is 4.94. The van der Waals surface area contributed by atoms with E-state index in [-0.39, 0.29) is 0 Å². The number of benzene rings is 1. The summed E-state index contributed by atoms with van der Waals surface area (Å²) in [6.45, 7) is 4.42. The van der Waals surface area contributed by atoms with E-state index in [4.69, 9.17) is 0 Å². The van der Waals surface area contributed by atoms with Crippen molar-refractivity contribution in [2.45, 2.75) is 45.6 Å². The lowest BCUT2D eigenvalue weighted by Crippen LogP contribution is -2.23. The predicted molar refractivity (Wildman–Crippen MR) is 66.2 cm³/mol. The van der Waals surface area contributed by atoms with Crippen LogP contribution >= 0.6 is 0 Å². The van der Waals surface area contributed by atoms with Gasteiger partial charge in [0.2, 0.25) is 0 Å². The molecule has 1 saturated carbocycles. The van der Waals surface area contributed by atoms with E-state index in [9.17, 15) is 0 Å². The van der Waals surface area contributed by atoms with E-state index >= 15 is 0 Å². The lowest BCUT2D eigenvalue weighted by molar-refractivity contribution is 0.286. The van der Waals surface area contributed by atoms with Crippen molar-refractivity contribution in [3.63, 3.8) is 0 Å². The topological polar surface area (TPSA) is 12.0 Å². The summed E-state index contributed by atoms with van der Waals surface area (Å²) in [7, 11) is 0. The third kappa shape index (κ3) is 2.98. The summed E-state index contributed by atoms with van der Waals surface area (Å²) in [5.74, 6) is 0.984. The van der Waals surface area contributed by atoms with E-state index in [2.05, 4.69) is 43.4 Å². The minimum Gasteiger partial charge on any atom is -0.383 e. The van der Waals surface area contributed by atoms with Crippen LogP contribution in [-0.2, 0) is 0 Å². The van der Waals surface area contributed by atoms with Gasteiger partial charge in [0.1, 0.15) is 0 Å². The Morgan fingerprint density at radius 1 is 1.27 bits per heavy atom. The molecule has 0 heterocycles. The molecule has 1 aromatic rings.